The van der Waals surface area contributed by atoms with Gasteiger partial charge in [0.2, 0.25) is 0 Å². The van der Waals surface area contributed by atoms with Crippen molar-refractivity contribution in [3.63, 3.8) is 0 Å². The minimum Gasteiger partial charge on any atom is -0.490 e. The van der Waals surface area contributed by atoms with Gasteiger partial charge in [-0.15, -0.1) is 0 Å². The first-order chi connectivity index (χ1) is 9.43. The van der Waals surface area contributed by atoms with Crippen molar-refractivity contribution in [2.45, 2.75) is 46.8 Å². The van der Waals surface area contributed by atoms with Gasteiger partial charge in [0.1, 0.15) is 5.75 Å². The summed E-state index contributed by atoms with van der Waals surface area (Å²) in [6.07, 6.45) is 3.41. The molecule has 110 valence electrons. The third kappa shape index (κ3) is 3.34. The normalized spacial score (nSPS) is 12.3. The van der Waals surface area contributed by atoms with E-state index >= 15 is 0 Å². The van der Waals surface area contributed by atoms with Gasteiger partial charge in [0.25, 0.3) is 0 Å². The fourth-order valence-corrected chi connectivity index (χ4v) is 2.27. The zero-order valence-corrected chi connectivity index (χ0v) is 13.0. The van der Waals surface area contributed by atoms with Crippen LogP contribution in [0.1, 0.15) is 34.1 Å². The highest BCUT2D eigenvalue weighted by molar-refractivity contribution is 5.86. The minimum absolute atomic E-state index is 0.183. The lowest BCUT2D eigenvalue weighted by atomic mass is 9.90. The number of hydrogen-bond acceptors (Lipinski definition) is 2. The summed E-state index contributed by atoms with van der Waals surface area (Å²) < 4.78 is 8.17. The number of nitrogens with zero attached hydrogens (tertiary/aromatic N) is 1. The Hall–Kier alpha value is -1.48. The Morgan fingerprint density at radius 2 is 2.00 bits per heavy atom. The standard InChI is InChI=1S/C17H26N2O/c1-13(2)20-16-7-5-6-15-14(16)8-10-19(15)11-9-17(3,4)12-18/h5-8,10,13H,9,11-12,18H2,1-4H3. The smallest absolute Gasteiger partial charge is 0.129 e. The molecule has 2 aromatic rings. The van der Waals surface area contributed by atoms with E-state index in [0.29, 0.717) is 6.54 Å². The number of aryl methyl sites for hydroxylation is 1. The van der Waals surface area contributed by atoms with Crippen LogP contribution in [0.4, 0.5) is 0 Å². The van der Waals surface area contributed by atoms with Gasteiger partial charge >= 0.3 is 0 Å². The van der Waals surface area contributed by atoms with Gasteiger partial charge in [0, 0.05) is 18.1 Å². The van der Waals surface area contributed by atoms with E-state index in [0.717, 1.165) is 18.7 Å². The molecule has 3 nitrogen and oxygen atoms in total. The molecule has 0 spiro atoms. The molecule has 1 aromatic carbocycles. The molecule has 20 heavy (non-hydrogen) atoms. The Morgan fingerprint density at radius 1 is 1.25 bits per heavy atom. The van der Waals surface area contributed by atoms with Crippen LogP contribution < -0.4 is 10.5 Å². The predicted octanol–water partition coefficient (Wildman–Crippen LogP) is 3.80. The second-order valence-corrected chi connectivity index (χ2v) is 6.48. The summed E-state index contributed by atoms with van der Waals surface area (Å²) in [6.45, 7) is 10.2. The average Bonchev–Trinajstić information content (AvgIpc) is 2.80. The first kappa shape index (κ1) is 14.9. The Bertz CT molecular complexity index is 569. The molecule has 0 bridgehead atoms. The average molecular weight is 274 g/mol. The zero-order chi connectivity index (χ0) is 14.8. The summed E-state index contributed by atoms with van der Waals surface area (Å²) in [7, 11) is 0. The van der Waals surface area contributed by atoms with Crippen LogP contribution in [0.2, 0.25) is 0 Å². The third-order valence-corrected chi connectivity index (χ3v) is 3.72. The molecule has 0 atom stereocenters. The van der Waals surface area contributed by atoms with E-state index in [1.54, 1.807) is 0 Å². The number of aromatic nitrogens is 1. The van der Waals surface area contributed by atoms with Gasteiger partial charge in [0.15, 0.2) is 0 Å². The lowest BCUT2D eigenvalue weighted by molar-refractivity contribution is 0.245. The Labute approximate surface area is 121 Å². The van der Waals surface area contributed by atoms with Crippen molar-refractivity contribution in [1.82, 2.24) is 4.57 Å². The van der Waals surface area contributed by atoms with E-state index in [4.69, 9.17) is 10.5 Å². The summed E-state index contributed by atoms with van der Waals surface area (Å²) >= 11 is 0. The van der Waals surface area contributed by atoms with Crippen molar-refractivity contribution in [1.29, 1.82) is 0 Å². The summed E-state index contributed by atoms with van der Waals surface area (Å²) in [4.78, 5) is 0. The summed E-state index contributed by atoms with van der Waals surface area (Å²) in [5.74, 6) is 0.967. The summed E-state index contributed by atoms with van der Waals surface area (Å²) in [6, 6.07) is 8.39. The maximum atomic E-state index is 5.87. The van der Waals surface area contributed by atoms with Crippen molar-refractivity contribution in [2.24, 2.45) is 11.1 Å². The molecular weight excluding hydrogens is 248 g/mol. The zero-order valence-electron chi connectivity index (χ0n) is 13.0. The molecule has 1 heterocycles. The van der Waals surface area contributed by atoms with Gasteiger partial charge in [0.05, 0.1) is 11.6 Å². The maximum Gasteiger partial charge on any atom is 0.129 e. The monoisotopic (exact) mass is 274 g/mol. The largest absolute Gasteiger partial charge is 0.490 e. The molecule has 0 aliphatic rings. The summed E-state index contributed by atoms with van der Waals surface area (Å²) in [5, 5.41) is 1.19. The van der Waals surface area contributed by atoms with Crippen molar-refractivity contribution in [2.75, 3.05) is 6.54 Å². The minimum atomic E-state index is 0.183. The van der Waals surface area contributed by atoms with Crippen LogP contribution >= 0.6 is 0 Å². The summed E-state index contributed by atoms with van der Waals surface area (Å²) in [5.41, 5.74) is 7.22. The number of ether oxygens (including phenoxy) is 1. The number of fused-ring (bicyclic) bond motifs is 1. The lowest BCUT2D eigenvalue weighted by Crippen LogP contribution is -2.24. The Morgan fingerprint density at radius 3 is 2.65 bits per heavy atom. The van der Waals surface area contributed by atoms with E-state index in [1.165, 1.54) is 10.9 Å². The number of rotatable bonds is 6. The molecule has 2 rings (SSSR count). The van der Waals surface area contributed by atoms with Gasteiger partial charge in [-0.1, -0.05) is 19.9 Å². The van der Waals surface area contributed by atoms with E-state index < -0.39 is 0 Å². The molecule has 0 amide bonds. The lowest BCUT2D eigenvalue weighted by Gasteiger charge is -2.22. The van der Waals surface area contributed by atoms with Crippen molar-refractivity contribution < 1.29 is 4.74 Å². The predicted molar refractivity (Wildman–Crippen MR) is 85.2 cm³/mol. The van der Waals surface area contributed by atoms with Crippen LogP contribution in [-0.2, 0) is 6.54 Å². The first-order valence-electron chi connectivity index (χ1n) is 7.37. The first-order valence-corrected chi connectivity index (χ1v) is 7.37. The van der Waals surface area contributed by atoms with Crippen LogP contribution in [0.25, 0.3) is 10.9 Å². The molecule has 2 N–H and O–H groups in total. The van der Waals surface area contributed by atoms with Crippen molar-refractivity contribution >= 4 is 10.9 Å². The highest BCUT2D eigenvalue weighted by Gasteiger charge is 2.16. The fourth-order valence-electron chi connectivity index (χ4n) is 2.27. The number of hydrogen-bond donors (Lipinski definition) is 1. The quantitative estimate of drug-likeness (QED) is 0.870. The molecular formula is C17H26N2O. The van der Waals surface area contributed by atoms with Gasteiger partial charge in [-0.2, -0.15) is 0 Å². The molecule has 0 aliphatic carbocycles. The maximum absolute atomic E-state index is 5.87. The Balaban J connectivity index is 2.24. The van der Waals surface area contributed by atoms with Gasteiger partial charge in [-0.05, 0) is 50.4 Å². The number of benzene rings is 1. The van der Waals surface area contributed by atoms with Crippen LogP contribution in [0, 0.1) is 5.41 Å². The van der Waals surface area contributed by atoms with E-state index in [1.807, 2.05) is 6.07 Å². The van der Waals surface area contributed by atoms with E-state index in [9.17, 15) is 0 Å². The highest BCUT2D eigenvalue weighted by Crippen LogP contribution is 2.28. The molecule has 1 aromatic heterocycles. The van der Waals surface area contributed by atoms with Crippen LogP contribution in [0.15, 0.2) is 30.5 Å². The van der Waals surface area contributed by atoms with Gasteiger partial charge < -0.3 is 15.0 Å². The number of nitrogens with two attached hydrogens (primary N) is 1. The van der Waals surface area contributed by atoms with Crippen LogP contribution in [0.3, 0.4) is 0 Å². The molecule has 0 fully saturated rings. The van der Waals surface area contributed by atoms with Gasteiger partial charge in [-0.25, -0.2) is 0 Å². The fraction of sp³-hybridized carbons (Fsp3) is 0.529. The topological polar surface area (TPSA) is 40.2 Å². The third-order valence-electron chi connectivity index (χ3n) is 3.72. The molecule has 0 saturated heterocycles. The van der Waals surface area contributed by atoms with Gasteiger partial charge in [-0.3, -0.25) is 0 Å². The Kier molecular flexibility index (Phi) is 4.39. The molecule has 0 radical (unpaired) electrons. The molecule has 0 aliphatic heterocycles. The van der Waals surface area contributed by atoms with Crippen LogP contribution in [0.5, 0.6) is 5.75 Å². The van der Waals surface area contributed by atoms with E-state index in [-0.39, 0.29) is 11.5 Å². The molecule has 3 heteroatoms. The second-order valence-electron chi connectivity index (χ2n) is 6.48. The SMILES string of the molecule is CC(C)Oc1cccc2c1ccn2CCC(C)(C)CN. The van der Waals surface area contributed by atoms with Crippen LogP contribution in [-0.4, -0.2) is 17.2 Å². The second kappa shape index (κ2) is 5.88. The highest BCUT2D eigenvalue weighted by atomic mass is 16.5. The molecule has 0 unspecified atom stereocenters. The van der Waals surface area contributed by atoms with E-state index in [2.05, 4.69) is 56.7 Å². The van der Waals surface area contributed by atoms with Crippen molar-refractivity contribution in [3.8, 4) is 5.75 Å². The van der Waals surface area contributed by atoms with Crippen molar-refractivity contribution in [3.05, 3.63) is 30.5 Å². The molecule has 0 saturated carbocycles.